The zero-order valence-corrected chi connectivity index (χ0v) is 16.6. The third-order valence-corrected chi connectivity index (χ3v) is 6.72. The standard InChI is InChI=1S/C19H20Cl2F2N4O/c20-12-2-1-3-13(16(12)21)27-15(28)10-14(25-17(27)24)26-8-6-18(7-9-26)4-5-19(22,23)11-18/h1-3,10H,4-9,11H2,(H2,24,25). The molecule has 2 fully saturated rings. The van der Waals surface area contributed by atoms with E-state index in [0.29, 0.717) is 48.9 Å². The fourth-order valence-corrected chi connectivity index (χ4v) is 4.75. The van der Waals surface area contributed by atoms with Crippen LogP contribution in [0.4, 0.5) is 20.5 Å². The lowest BCUT2D eigenvalue weighted by Crippen LogP contribution is -2.40. The Bertz CT molecular complexity index is 971. The van der Waals surface area contributed by atoms with Crippen LogP contribution in [0.3, 0.4) is 0 Å². The van der Waals surface area contributed by atoms with Crippen molar-refractivity contribution in [2.75, 3.05) is 23.7 Å². The molecule has 2 aromatic rings. The Balaban J connectivity index is 1.58. The maximum Gasteiger partial charge on any atom is 0.261 e. The van der Waals surface area contributed by atoms with Crippen LogP contribution in [0.25, 0.3) is 5.69 Å². The second-order valence-corrected chi connectivity index (χ2v) is 8.52. The van der Waals surface area contributed by atoms with Gasteiger partial charge in [-0.1, -0.05) is 29.3 Å². The first-order valence-corrected chi connectivity index (χ1v) is 9.92. The lowest BCUT2D eigenvalue weighted by molar-refractivity contribution is -0.00682. The van der Waals surface area contributed by atoms with E-state index in [4.69, 9.17) is 28.9 Å². The largest absolute Gasteiger partial charge is 0.369 e. The zero-order chi connectivity index (χ0) is 20.1. The Morgan fingerprint density at radius 1 is 1.11 bits per heavy atom. The molecule has 1 aromatic carbocycles. The third kappa shape index (κ3) is 3.46. The number of hydrogen-bond donors (Lipinski definition) is 1. The molecule has 2 N–H and O–H groups in total. The van der Waals surface area contributed by atoms with Crippen LogP contribution in [0, 0.1) is 5.41 Å². The van der Waals surface area contributed by atoms with E-state index in [-0.39, 0.29) is 34.8 Å². The van der Waals surface area contributed by atoms with Crippen molar-refractivity contribution < 1.29 is 8.78 Å². The van der Waals surface area contributed by atoms with Gasteiger partial charge in [0.1, 0.15) is 5.82 Å². The Labute approximate surface area is 171 Å². The molecule has 28 heavy (non-hydrogen) atoms. The van der Waals surface area contributed by atoms with Gasteiger partial charge in [0.25, 0.3) is 5.56 Å². The molecule has 2 heterocycles. The molecule has 0 unspecified atom stereocenters. The molecule has 9 heteroatoms. The summed E-state index contributed by atoms with van der Waals surface area (Å²) < 4.78 is 28.5. The molecule has 0 amide bonds. The number of benzene rings is 1. The SMILES string of the molecule is Nc1nc(N2CCC3(CC2)CCC(F)(F)C3)cc(=O)n1-c1cccc(Cl)c1Cl. The average molecular weight is 429 g/mol. The van der Waals surface area contributed by atoms with Crippen LogP contribution in [0.5, 0.6) is 0 Å². The maximum atomic E-state index is 13.7. The number of anilines is 2. The van der Waals surface area contributed by atoms with Crippen molar-refractivity contribution in [3.05, 3.63) is 44.7 Å². The highest BCUT2D eigenvalue weighted by molar-refractivity contribution is 6.43. The molecule has 1 aromatic heterocycles. The lowest BCUT2D eigenvalue weighted by atomic mass is 9.77. The first kappa shape index (κ1) is 19.5. The summed E-state index contributed by atoms with van der Waals surface area (Å²) in [6, 6.07) is 6.32. The van der Waals surface area contributed by atoms with Crippen LogP contribution in [0.2, 0.25) is 10.0 Å². The Morgan fingerprint density at radius 2 is 1.82 bits per heavy atom. The molecule has 1 saturated carbocycles. The summed E-state index contributed by atoms with van der Waals surface area (Å²) in [6.07, 6.45) is 1.80. The molecule has 0 radical (unpaired) electrons. The predicted molar refractivity (Wildman–Crippen MR) is 107 cm³/mol. The molecule has 150 valence electrons. The Kier molecular flexibility index (Phi) is 4.78. The number of nitrogens with zero attached hydrogens (tertiary/aromatic N) is 3. The molecular weight excluding hydrogens is 409 g/mol. The van der Waals surface area contributed by atoms with Gasteiger partial charge >= 0.3 is 0 Å². The summed E-state index contributed by atoms with van der Waals surface area (Å²) in [6.45, 7) is 1.15. The lowest BCUT2D eigenvalue weighted by Gasteiger charge is -2.39. The van der Waals surface area contributed by atoms with Crippen LogP contribution in [-0.4, -0.2) is 28.6 Å². The van der Waals surface area contributed by atoms with E-state index in [1.165, 1.54) is 10.6 Å². The molecule has 4 rings (SSSR count). The summed E-state index contributed by atoms with van der Waals surface area (Å²) in [5.74, 6) is -2.10. The van der Waals surface area contributed by atoms with Gasteiger partial charge in [-0.05, 0) is 36.8 Å². The highest BCUT2D eigenvalue weighted by Gasteiger charge is 2.50. The fourth-order valence-electron chi connectivity index (χ4n) is 4.37. The average Bonchev–Trinajstić information content (AvgIpc) is 2.93. The van der Waals surface area contributed by atoms with Crippen LogP contribution in [0.15, 0.2) is 29.1 Å². The second kappa shape index (κ2) is 6.88. The van der Waals surface area contributed by atoms with Crippen molar-refractivity contribution in [3.63, 3.8) is 0 Å². The van der Waals surface area contributed by atoms with E-state index in [1.807, 2.05) is 4.90 Å². The smallest absolute Gasteiger partial charge is 0.261 e. The highest BCUT2D eigenvalue weighted by atomic mass is 35.5. The molecule has 1 aliphatic carbocycles. The van der Waals surface area contributed by atoms with Crippen molar-refractivity contribution in [2.45, 2.75) is 38.0 Å². The number of nitrogens with two attached hydrogens (primary N) is 1. The van der Waals surface area contributed by atoms with E-state index in [9.17, 15) is 13.6 Å². The van der Waals surface area contributed by atoms with E-state index in [2.05, 4.69) is 4.98 Å². The van der Waals surface area contributed by atoms with Gasteiger partial charge in [0.05, 0.1) is 15.7 Å². The minimum atomic E-state index is -2.55. The second-order valence-electron chi connectivity index (χ2n) is 7.74. The number of aromatic nitrogens is 2. The van der Waals surface area contributed by atoms with Crippen LogP contribution < -0.4 is 16.2 Å². The van der Waals surface area contributed by atoms with Crippen molar-refractivity contribution in [1.29, 1.82) is 0 Å². The Hall–Kier alpha value is -1.86. The molecule has 0 bridgehead atoms. The van der Waals surface area contributed by atoms with E-state index in [1.54, 1.807) is 18.2 Å². The number of rotatable bonds is 2. The summed E-state index contributed by atoms with van der Waals surface area (Å²) in [5, 5.41) is 0.527. The topological polar surface area (TPSA) is 64.2 Å². The highest BCUT2D eigenvalue weighted by Crippen LogP contribution is 2.53. The molecule has 2 aliphatic rings. The maximum absolute atomic E-state index is 13.7. The summed E-state index contributed by atoms with van der Waals surface area (Å²) in [7, 11) is 0. The van der Waals surface area contributed by atoms with Gasteiger partial charge in [0.2, 0.25) is 11.9 Å². The number of halogens is 4. The summed E-state index contributed by atoms with van der Waals surface area (Å²) in [5.41, 5.74) is 5.75. The number of hydrogen-bond acceptors (Lipinski definition) is 4. The van der Waals surface area contributed by atoms with Gasteiger partial charge in [-0.2, -0.15) is 4.98 Å². The van der Waals surface area contributed by atoms with Crippen LogP contribution >= 0.6 is 23.2 Å². The van der Waals surface area contributed by atoms with Gasteiger partial charge in [-0.15, -0.1) is 0 Å². The van der Waals surface area contributed by atoms with Gasteiger partial charge in [0, 0.05) is 32.0 Å². The van der Waals surface area contributed by atoms with Crippen molar-refractivity contribution in [3.8, 4) is 5.69 Å². The van der Waals surface area contributed by atoms with Crippen molar-refractivity contribution >= 4 is 35.0 Å². The van der Waals surface area contributed by atoms with Crippen molar-refractivity contribution in [1.82, 2.24) is 9.55 Å². The molecule has 5 nitrogen and oxygen atoms in total. The minimum absolute atomic E-state index is 0.000599. The van der Waals surface area contributed by atoms with Gasteiger partial charge in [-0.3, -0.25) is 4.79 Å². The zero-order valence-electron chi connectivity index (χ0n) is 15.1. The quantitative estimate of drug-likeness (QED) is 0.762. The minimum Gasteiger partial charge on any atom is -0.369 e. The molecule has 1 aliphatic heterocycles. The molecule has 1 saturated heterocycles. The van der Waals surface area contributed by atoms with E-state index >= 15 is 0 Å². The van der Waals surface area contributed by atoms with E-state index in [0.717, 1.165) is 0 Å². The van der Waals surface area contributed by atoms with Crippen LogP contribution in [-0.2, 0) is 0 Å². The number of piperidine rings is 1. The van der Waals surface area contributed by atoms with Gasteiger partial charge < -0.3 is 10.6 Å². The first-order valence-electron chi connectivity index (χ1n) is 9.17. The Morgan fingerprint density at radius 3 is 2.43 bits per heavy atom. The normalized spacial score (nSPS) is 20.6. The molecule has 1 spiro atoms. The summed E-state index contributed by atoms with van der Waals surface area (Å²) in [4.78, 5) is 19.0. The monoisotopic (exact) mass is 428 g/mol. The molecule has 0 atom stereocenters. The number of nitrogen functional groups attached to an aromatic ring is 1. The van der Waals surface area contributed by atoms with Gasteiger partial charge in [0.15, 0.2) is 0 Å². The van der Waals surface area contributed by atoms with Crippen molar-refractivity contribution in [2.24, 2.45) is 5.41 Å². The predicted octanol–water partition coefficient (Wildman–Crippen LogP) is 4.53. The van der Waals surface area contributed by atoms with E-state index < -0.39 is 5.92 Å². The fraction of sp³-hybridized carbons (Fsp3) is 0.474. The third-order valence-electron chi connectivity index (χ3n) is 5.91. The summed E-state index contributed by atoms with van der Waals surface area (Å²) >= 11 is 12.2. The molecular formula is C19H20Cl2F2N4O. The van der Waals surface area contributed by atoms with Gasteiger partial charge in [-0.25, -0.2) is 13.3 Å². The first-order chi connectivity index (χ1) is 13.2. The number of alkyl halides is 2. The van der Waals surface area contributed by atoms with Crippen LogP contribution in [0.1, 0.15) is 32.1 Å².